The maximum absolute atomic E-state index is 12.5. The molecule has 2 aromatic rings. The lowest BCUT2D eigenvalue weighted by Crippen LogP contribution is -2.08. The lowest BCUT2D eigenvalue weighted by Gasteiger charge is -2.08. The fraction of sp³-hybridized carbons (Fsp3) is 0.524. The average molecular weight is 387 g/mol. The van der Waals surface area contributed by atoms with Crippen LogP contribution in [-0.4, -0.2) is 38.1 Å². The Morgan fingerprint density at radius 2 is 1.35 bits per heavy atom. The molecule has 0 bridgehead atoms. The molecule has 0 fully saturated rings. The smallest absolute Gasteiger partial charge is 0.266 e. The van der Waals surface area contributed by atoms with Crippen LogP contribution in [0.3, 0.4) is 0 Å². The minimum Gasteiger partial charge on any atom is -0.266 e. The molecule has 0 unspecified atom stereocenters. The molecule has 0 spiro atoms. The molecule has 0 aliphatic carbocycles. The zero-order valence-electron chi connectivity index (χ0n) is 16.0. The van der Waals surface area contributed by atoms with Crippen LogP contribution in [0.4, 0.5) is 0 Å². The second-order valence-corrected chi connectivity index (χ2v) is 8.17. The number of fused-ring (bicyclic) bond motifs is 1. The third-order valence-electron chi connectivity index (χ3n) is 4.51. The topological polar surface area (TPSA) is 43.4 Å². The minimum absolute atomic E-state index is 0. The van der Waals surface area contributed by atoms with E-state index in [1.165, 1.54) is 38.5 Å². The summed E-state index contributed by atoms with van der Waals surface area (Å²) >= 11 is 0. The molecule has 0 N–H and O–H groups in total. The zero-order chi connectivity index (χ0) is 18.0. The Bertz CT molecular complexity index is 739. The summed E-state index contributed by atoms with van der Waals surface area (Å²) in [5, 5.41) is 1.63. The van der Waals surface area contributed by atoms with Crippen molar-refractivity contribution < 1.29 is 12.6 Å². The van der Waals surface area contributed by atoms with Crippen molar-refractivity contribution in [2.75, 3.05) is 6.61 Å². The molecular formula is C21H30MgO3S. The van der Waals surface area contributed by atoms with Gasteiger partial charge in [0, 0.05) is 28.4 Å². The van der Waals surface area contributed by atoms with Gasteiger partial charge in [-0.15, -0.1) is 0 Å². The molecule has 2 radical (unpaired) electrons. The summed E-state index contributed by atoms with van der Waals surface area (Å²) in [6.45, 7) is 2.49. The van der Waals surface area contributed by atoms with Gasteiger partial charge in [0.05, 0.1) is 6.61 Å². The molecule has 0 saturated heterocycles. The zero-order valence-corrected chi connectivity index (χ0v) is 18.2. The standard InChI is InChI=1S/C21H30O3S.Mg/c1-2-3-4-5-6-7-8-9-12-18-24-25(22,23)21-17-13-15-19-14-10-11-16-20(19)21;/h10-11,13-17H,2-9,12,18H2,1H3;. The van der Waals surface area contributed by atoms with Gasteiger partial charge in [0.2, 0.25) is 0 Å². The van der Waals surface area contributed by atoms with Crippen molar-refractivity contribution in [3.63, 3.8) is 0 Å². The molecule has 3 nitrogen and oxygen atoms in total. The molecule has 140 valence electrons. The molecular weight excluding hydrogens is 357 g/mol. The van der Waals surface area contributed by atoms with Crippen molar-refractivity contribution in [3.8, 4) is 0 Å². The number of benzene rings is 2. The predicted octanol–water partition coefficient (Wildman–Crippen LogP) is 5.70. The van der Waals surface area contributed by atoms with E-state index in [1.54, 1.807) is 12.1 Å². The van der Waals surface area contributed by atoms with Crippen molar-refractivity contribution in [1.82, 2.24) is 0 Å². The quantitative estimate of drug-likeness (QED) is 0.267. The highest BCUT2D eigenvalue weighted by atomic mass is 32.2. The number of hydrogen-bond acceptors (Lipinski definition) is 3. The lowest BCUT2D eigenvalue weighted by molar-refractivity contribution is 0.306. The van der Waals surface area contributed by atoms with Gasteiger partial charge in [-0.25, -0.2) is 0 Å². The molecule has 2 rings (SSSR count). The van der Waals surface area contributed by atoms with Crippen LogP contribution in [0.5, 0.6) is 0 Å². The highest BCUT2D eigenvalue weighted by molar-refractivity contribution is 7.87. The summed E-state index contributed by atoms with van der Waals surface area (Å²) < 4.78 is 30.2. The predicted molar refractivity (Wildman–Crippen MR) is 110 cm³/mol. The second kappa shape index (κ2) is 12.7. The molecule has 0 heterocycles. The average Bonchev–Trinajstić information content (AvgIpc) is 2.62. The van der Waals surface area contributed by atoms with E-state index in [0.717, 1.165) is 30.0 Å². The first kappa shape index (κ1) is 23.4. The fourth-order valence-electron chi connectivity index (χ4n) is 3.06. The Morgan fingerprint density at radius 3 is 2.04 bits per heavy atom. The highest BCUT2D eigenvalue weighted by Gasteiger charge is 2.17. The van der Waals surface area contributed by atoms with E-state index in [9.17, 15) is 8.42 Å². The molecule has 0 aliphatic heterocycles. The molecule has 2 aromatic carbocycles. The van der Waals surface area contributed by atoms with E-state index < -0.39 is 10.1 Å². The van der Waals surface area contributed by atoms with Gasteiger partial charge in [-0.3, -0.25) is 4.18 Å². The molecule has 0 amide bonds. The summed E-state index contributed by atoms with van der Waals surface area (Å²) in [4.78, 5) is 0.265. The Kier molecular flexibility index (Phi) is 11.4. The Morgan fingerprint density at radius 1 is 0.769 bits per heavy atom. The van der Waals surface area contributed by atoms with Gasteiger partial charge < -0.3 is 0 Å². The Hall–Kier alpha value is -0.624. The molecule has 0 aromatic heterocycles. The van der Waals surface area contributed by atoms with E-state index in [4.69, 9.17) is 4.18 Å². The van der Waals surface area contributed by atoms with Gasteiger partial charge in [0.1, 0.15) is 4.90 Å². The first-order valence-electron chi connectivity index (χ1n) is 9.52. The van der Waals surface area contributed by atoms with Crippen molar-refractivity contribution in [2.24, 2.45) is 0 Å². The third kappa shape index (κ3) is 7.55. The van der Waals surface area contributed by atoms with Gasteiger partial charge in [-0.2, -0.15) is 8.42 Å². The van der Waals surface area contributed by atoms with Crippen LogP contribution in [-0.2, 0) is 14.3 Å². The number of rotatable bonds is 12. The Labute approximate surface area is 174 Å². The molecule has 5 heteroatoms. The van der Waals surface area contributed by atoms with E-state index in [-0.39, 0.29) is 34.6 Å². The van der Waals surface area contributed by atoms with Gasteiger partial charge in [-0.1, -0.05) is 94.7 Å². The van der Waals surface area contributed by atoms with Crippen LogP contribution >= 0.6 is 0 Å². The van der Waals surface area contributed by atoms with E-state index in [2.05, 4.69) is 6.92 Å². The largest absolute Gasteiger partial charge is 0.297 e. The number of unbranched alkanes of at least 4 members (excludes halogenated alkanes) is 8. The maximum atomic E-state index is 12.5. The first-order valence-corrected chi connectivity index (χ1v) is 10.9. The Balaban J connectivity index is 0.00000338. The minimum atomic E-state index is -3.69. The fourth-order valence-corrected chi connectivity index (χ4v) is 4.22. The lowest BCUT2D eigenvalue weighted by atomic mass is 10.1. The monoisotopic (exact) mass is 386 g/mol. The highest BCUT2D eigenvalue weighted by Crippen LogP contribution is 2.24. The van der Waals surface area contributed by atoms with E-state index in [1.807, 2.05) is 30.3 Å². The van der Waals surface area contributed by atoms with Crippen LogP contribution < -0.4 is 0 Å². The van der Waals surface area contributed by atoms with Crippen molar-refractivity contribution in [2.45, 2.75) is 69.6 Å². The maximum Gasteiger partial charge on any atom is 0.297 e. The normalized spacial score (nSPS) is 11.4. The first-order chi connectivity index (χ1) is 12.1. The molecule has 0 saturated carbocycles. The van der Waals surface area contributed by atoms with Gasteiger partial charge in [-0.05, 0) is 17.9 Å². The van der Waals surface area contributed by atoms with Gasteiger partial charge in [0.25, 0.3) is 10.1 Å². The van der Waals surface area contributed by atoms with E-state index >= 15 is 0 Å². The van der Waals surface area contributed by atoms with Crippen molar-refractivity contribution in [1.29, 1.82) is 0 Å². The molecule has 0 aliphatic rings. The van der Waals surface area contributed by atoms with Crippen LogP contribution in [0.1, 0.15) is 64.7 Å². The number of hydrogen-bond donors (Lipinski definition) is 0. The summed E-state index contributed by atoms with van der Waals surface area (Å²) in [5.41, 5.74) is 0. The SMILES string of the molecule is CCCCCCCCCCCOS(=O)(=O)c1cccc2ccccc12.[Mg]. The van der Waals surface area contributed by atoms with Crippen LogP contribution in [0.25, 0.3) is 10.8 Å². The van der Waals surface area contributed by atoms with Crippen LogP contribution in [0.15, 0.2) is 47.4 Å². The van der Waals surface area contributed by atoms with Crippen molar-refractivity contribution >= 4 is 43.9 Å². The third-order valence-corrected chi connectivity index (χ3v) is 5.88. The molecule has 26 heavy (non-hydrogen) atoms. The summed E-state index contributed by atoms with van der Waals surface area (Å²) in [5.74, 6) is 0. The van der Waals surface area contributed by atoms with Gasteiger partial charge >= 0.3 is 0 Å². The summed E-state index contributed by atoms with van der Waals surface area (Å²) in [6, 6.07) is 12.8. The summed E-state index contributed by atoms with van der Waals surface area (Å²) in [6.07, 6.45) is 10.8. The van der Waals surface area contributed by atoms with Crippen molar-refractivity contribution in [3.05, 3.63) is 42.5 Å². The molecule has 0 atom stereocenters. The van der Waals surface area contributed by atoms with Crippen LogP contribution in [0, 0.1) is 0 Å². The van der Waals surface area contributed by atoms with Crippen LogP contribution in [0.2, 0.25) is 0 Å². The summed E-state index contributed by atoms with van der Waals surface area (Å²) in [7, 11) is -3.69. The van der Waals surface area contributed by atoms with E-state index in [0.29, 0.717) is 0 Å². The second-order valence-electron chi connectivity index (χ2n) is 6.58. The van der Waals surface area contributed by atoms with Gasteiger partial charge in [0.15, 0.2) is 0 Å².